The van der Waals surface area contributed by atoms with Crippen molar-refractivity contribution in [3.05, 3.63) is 52.1 Å². The first-order chi connectivity index (χ1) is 13.3. The van der Waals surface area contributed by atoms with Crippen molar-refractivity contribution in [2.24, 2.45) is 13.0 Å². The number of ether oxygens (including phenoxy) is 1. The molecule has 3 aromatic rings. The van der Waals surface area contributed by atoms with Crippen LogP contribution in [0.4, 0.5) is 0 Å². The minimum Gasteiger partial charge on any atom is -0.462 e. The molecule has 0 unspecified atom stereocenters. The number of hydrogen-bond donors (Lipinski definition) is 0. The molecule has 6 nitrogen and oxygen atoms in total. The van der Waals surface area contributed by atoms with Crippen LogP contribution in [-0.2, 0) is 24.8 Å². The van der Waals surface area contributed by atoms with Gasteiger partial charge in [0.1, 0.15) is 4.83 Å². The minimum atomic E-state index is -0.525. The molecule has 28 heavy (non-hydrogen) atoms. The van der Waals surface area contributed by atoms with Crippen LogP contribution in [0, 0.1) is 5.92 Å². The predicted molar refractivity (Wildman–Crippen MR) is 117 cm³/mol. The van der Waals surface area contributed by atoms with E-state index < -0.39 is 11.5 Å². The molecule has 0 bridgehead atoms. The Bertz CT molecular complexity index is 1150. The molecule has 3 heterocycles. The van der Waals surface area contributed by atoms with Crippen LogP contribution in [0.5, 0.6) is 0 Å². The molecule has 0 saturated carbocycles. The third-order valence-electron chi connectivity index (χ3n) is 4.28. The number of rotatable bonds is 6. The largest absolute Gasteiger partial charge is 0.462 e. The minimum absolute atomic E-state index is 0.210. The number of carbonyl (C=O) groups excluding carboxylic acids is 1. The molecule has 0 fully saturated rings. The Labute approximate surface area is 178 Å². The second-order valence-corrected chi connectivity index (χ2v) is 9.76. The highest BCUT2D eigenvalue weighted by molar-refractivity contribution is 9.10. The number of nitrogens with zero attached hydrogens (tertiary/aromatic N) is 2. The van der Waals surface area contributed by atoms with Crippen molar-refractivity contribution in [2.75, 3.05) is 6.61 Å². The third kappa shape index (κ3) is 3.75. The summed E-state index contributed by atoms with van der Waals surface area (Å²) in [6.07, 6.45) is 0.491. The highest BCUT2D eigenvalue weighted by Gasteiger charge is 2.27. The van der Waals surface area contributed by atoms with Crippen molar-refractivity contribution >= 4 is 54.8 Å². The van der Waals surface area contributed by atoms with Crippen molar-refractivity contribution < 1.29 is 9.53 Å². The van der Waals surface area contributed by atoms with Gasteiger partial charge < -0.3 is 4.74 Å². The quantitative estimate of drug-likeness (QED) is 0.495. The molecule has 3 rings (SSSR count). The maximum atomic E-state index is 12.9. The number of carbonyl (C=O) groups is 1. The van der Waals surface area contributed by atoms with Gasteiger partial charge in [-0.1, -0.05) is 13.8 Å². The Balaban J connectivity index is 2.36. The highest BCUT2D eigenvalue weighted by Crippen LogP contribution is 2.34. The van der Waals surface area contributed by atoms with Gasteiger partial charge in [-0.15, -0.1) is 22.7 Å². The number of esters is 1. The molecule has 0 amide bonds. The summed E-state index contributed by atoms with van der Waals surface area (Å²) in [5, 5.41) is 2.23. The van der Waals surface area contributed by atoms with E-state index in [1.807, 2.05) is 25.3 Å². The van der Waals surface area contributed by atoms with E-state index in [0.717, 1.165) is 18.8 Å². The summed E-state index contributed by atoms with van der Waals surface area (Å²) in [7, 11) is 1.45. The van der Waals surface area contributed by atoms with Gasteiger partial charge in [0.15, 0.2) is 0 Å². The van der Waals surface area contributed by atoms with E-state index in [0.29, 0.717) is 17.8 Å². The number of halogens is 1. The Morgan fingerprint density at radius 3 is 2.57 bits per heavy atom. The third-order valence-corrected chi connectivity index (χ3v) is 7.42. The average Bonchev–Trinajstić information content (AvgIpc) is 3.21. The number of hydrogen-bond acceptors (Lipinski definition) is 6. The second-order valence-electron chi connectivity index (χ2n) is 6.82. The molecule has 0 radical (unpaired) electrons. The van der Waals surface area contributed by atoms with E-state index in [2.05, 4.69) is 15.9 Å². The maximum Gasteiger partial charge on any atom is 0.340 e. The predicted octanol–water partition coefficient (Wildman–Crippen LogP) is 4.01. The average molecular weight is 485 g/mol. The highest BCUT2D eigenvalue weighted by atomic mass is 79.9. The van der Waals surface area contributed by atoms with Crippen molar-refractivity contribution in [1.82, 2.24) is 9.13 Å². The van der Waals surface area contributed by atoms with Crippen LogP contribution in [-0.4, -0.2) is 21.7 Å². The van der Waals surface area contributed by atoms with Gasteiger partial charge in [0, 0.05) is 34.2 Å². The topological polar surface area (TPSA) is 70.3 Å². The van der Waals surface area contributed by atoms with Gasteiger partial charge in [0.05, 0.1) is 17.6 Å². The van der Waals surface area contributed by atoms with Crippen molar-refractivity contribution in [3.63, 3.8) is 0 Å². The molecule has 0 saturated heterocycles. The Morgan fingerprint density at radius 2 is 2.00 bits per heavy atom. The van der Waals surface area contributed by atoms with Gasteiger partial charge >= 0.3 is 11.7 Å². The van der Waals surface area contributed by atoms with Crippen LogP contribution >= 0.6 is 38.6 Å². The molecule has 3 aromatic heterocycles. The summed E-state index contributed by atoms with van der Waals surface area (Å²) in [5.41, 5.74) is -0.553. The van der Waals surface area contributed by atoms with Crippen LogP contribution in [0.2, 0.25) is 0 Å². The van der Waals surface area contributed by atoms with Gasteiger partial charge in [-0.25, -0.2) is 9.59 Å². The van der Waals surface area contributed by atoms with Crippen LogP contribution < -0.4 is 11.2 Å². The first kappa shape index (κ1) is 21.0. The van der Waals surface area contributed by atoms with Crippen molar-refractivity contribution in [2.45, 2.75) is 33.7 Å². The van der Waals surface area contributed by atoms with Crippen molar-refractivity contribution in [1.29, 1.82) is 0 Å². The fourth-order valence-electron chi connectivity index (χ4n) is 3.04. The lowest BCUT2D eigenvalue weighted by atomic mass is 10.1. The molecule has 9 heteroatoms. The number of thiophene rings is 2. The molecule has 0 aliphatic carbocycles. The van der Waals surface area contributed by atoms with E-state index in [1.54, 1.807) is 22.8 Å². The molecule has 0 atom stereocenters. The standard InChI is InChI=1S/C19H21BrN2O4S2/c1-5-26-18(24)14-13(8-12-11(20)6-7-27-12)28-17-15(14)16(23)21(4)19(25)22(17)9-10(2)3/h6-7,10H,5,8-9H2,1-4H3. The summed E-state index contributed by atoms with van der Waals surface area (Å²) in [5.74, 6) is -0.315. The molecular weight excluding hydrogens is 464 g/mol. The van der Waals surface area contributed by atoms with Gasteiger partial charge in [-0.05, 0) is 40.2 Å². The lowest BCUT2D eigenvalue weighted by Crippen LogP contribution is -2.38. The Kier molecular flexibility index (Phi) is 6.26. The molecule has 150 valence electrons. The fraction of sp³-hybridized carbons (Fsp3) is 0.421. The smallest absolute Gasteiger partial charge is 0.340 e. The Morgan fingerprint density at radius 1 is 1.29 bits per heavy atom. The van der Waals surface area contributed by atoms with Gasteiger partial charge in [0.25, 0.3) is 5.56 Å². The normalized spacial score (nSPS) is 11.5. The molecule has 0 spiro atoms. The van der Waals surface area contributed by atoms with Crippen LogP contribution in [0.1, 0.15) is 40.9 Å². The lowest BCUT2D eigenvalue weighted by molar-refractivity contribution is 0.0528. The van der Waals surface area contributed by atoms with Gasteiger partial charge in [-0.2, -0.15) is 0 Å². The molecule has 0 aliphatic heterocycles. The molecular formula is C19H21BrN2O4S2. The van der Waals surface area contributed by atoms with Gasteiger partial charge in [0.2, 0.25) is 0 Å². The maximum absolute atomic E-state index is 12.9. The van der Waals surface area contributed by atoms with Crippen molar-refractivity contribution in [3.8, 4) is 0 Å². The summed E-state index contributed by atoms with van der Waals surface area (Å²) in [4.78, 5) is 40.8. The zero-order valence-corrected chi connectivity index (χ0v) is 19.3. The van der Waals surface area contributed by atoms with E-state index in [9.17, 15) is 14.4 Å². The molecule has 0 aromatic carbocycles. The molecule has 0 aliphatic rings. The summed E-state index contributed by atoms with van der Waals surface area (Å²) in [6, 6.07) is 1.95. The van der Waals surface area contributed by atoms with Crippen LogP contribution in [0.15, 0.2) is 25.5 Å². The van der Waals surface area contributed by atoms with E-state index >= 15 is 0 Å². The molecule has 0 N–H and O–H groups in total. The zero-order valence-electron chi connectivity index (χ0n) is 16.1. The summed E-state index contributed by atoms with van der Waals surface area (Å²) >= 11 is 6.42. The van der Waals surface area contributed by atoms with Gasteiger partial charge in [-0.3, -0.25) is 13.9 Å². The van der Waals surface area contributed by atoms with E-state index in [1.165, 1.54) is 18.4 Å². The fourth-order valence-corrected chi connectivity index (χ4v) is 5.93. The lowest BCUT2D eigenvalue weighted by Gasteiger charge is -2.11. The summed E-state index contributed by atoms with van der Waals surface area (Å²) < 4.78 is 8.88. The number of aromatic nitrogens is 2. The van der Waals surface area contributed by atoms with Crippen LogP contribution in [0.25, 0.3) is 10.2 Å². The number of fused-ring (bicyclic) bond motifs is 1. The summed E-state index contributed by atoms with van der Waals surface area (Å²) in [6.45, 7) is 6.42. The zero-order chi connectivity index (χ0) is 20.6. The second kappa shape index (κ2) is 8.34. The first-order valence-electron chi connectivity index (χ1n) is 8.90. The van der Waals surface area contributed by atoms with Crippen LogP contribution in [0.3, 0.4) is 0 Å². The Hall–Kier alpha value is -1.71. The van der Waals surface area contributed by atoms with E-state index in [-0.39, 0.29) is 29.2 Å². The SMILES string of the molecule is CCOC(=O)c1c(Cc2sccc2Br)sc2c1c(=O)n(C)c(=O)n2CC(C)C. The monoisotopic (exact) mass is 484 g/mol. The first-order valence-corrected chi connectivity index (χ1v) is 11.4. The van der Waals surface area contributed by atoms with E-state index in [4.69, 9.17) is 4.74 Å².